The predicted octanol–water partition coefficient (Wildman–Crippen LogP) is 4.30. The number of halogens is 2. The Kier molecular flexibility index (Phi) is 6.56. The van der Waals surface area contributed by atoms with Crippen molar-refractivity contribution in [1.82, 2.24) is 4.90 Å². The highest BCUT2D eigenvalue weighted by molar-refractivity contribution is 6.30. The maximum Gasteiger partial charge on any atom is 0.222 e. The molecule has 1 amide bonds. The van der Waals surface area contributed by atoms with Gasteiger partial charge in [0, 0.05) is 43.3 Å². The van der Waals surface area contributed by atoms with Gasteiger partial charge in [-0.1, -0.05) is 11.6 Å². The van der Waals surface area contributed by atoms with E-state index in [0.717, 1.165) is 30.1 Å². The topological polar surface area (TPSA) is 32.8 Å². The normalized spacial score (nSPS) is 14.3. The zero-order chi connectivity index (χ0) is 19.2. The van der Waals surface area contributed by atoms with Gasteiger partial charge >= 0.3 is 0 Å². The van der Waals surface area contributed by atoms with Gasteiger partial charge in [-0.05, 0) is 61.4 Å². The second-order valence-electron chi connectivity index (χ2n) is 6.71. The van der Waals surface area contributed by atoms with Crippen LogP contribution in [0.2, 0.25) is 5.02 Å². The van der Waals surface area contributed by atoms with E-state index in [2.05, 4.69) is 4.90 Å². The van der Waals surface area contributed by atoms with E-state index in [1.54, 1.807) is 18.2 Å². The van der Waals surface area contributed by atoms with Crippen LogP contribution in [0.4, 0.5) is 10.1 Å². The largest absolute Gasteiger partial charge is 0.493 e. The van der Waals surface area contributed by atoms with Crippen molar-refractivity contribution in [3.63, 3.8) is 0 Å². The minimum absolute atomic E-state index is 0.158. The van der Waals surface area contributed by atoms with Crippen molar-refractivity contribution in [2.24, 2.45) is 0 Å². The number of carbonyl (C=O) groups excluding carboxylic acids is 1. The maximum absolute atomic E-state index is 13.0. The Morgan fingerprint density at radius 2 is 1.81 bits per heavy atom. The lowest BCUT2D eigenvalue weighted by atomic mass is 10.2. The minimum Gasteiger partial charge on any atom is -0.493 e. The second kappa shape index (κ2) is 9.09. The highest BCUT2D eigenvalue weighted by Crippen LogP contribution is 2.22. The summed E-state index contributed by atoms with van der Waals surface area (Å²) >= 11 is 5.94. The van der Waals surface area contributed by atoms with Crippen molar-refractivity contribution < 1.29 is 13.9 Å². The third-order valence-corrected chi connectivity index (χ3v) is 4.99. The van der Waals surface area contributed by atoms with Crippen LogP contribution in [0, 0.1) is 12.7 Å². The van der Waals surface area contributed by atoms with Gasteiger partial charge in [0.15, 0.2) is 0 Å². The summed E-state index contributed by atoms with van der Waals surface area (Å²) in [6.07, 6.45) is 1.16. The molecule has 27 heavy (non-hydrogen) atoms. The van der Waals surface area contributed by atoms with Gasteiger partial charge in [-0.25, -0.2) is 4.39 Å². The predicted molar refractivity (Wildman–Crippen MR) is 106 cm³/mol. The number of rotatable bonds is 6. The van der Waals surface area contributed by atoms with E-state index >= 15 is 0 Å². The van der Waals surface area contributed by atoms with Crippen LogP contribution in [0.25, 0.3) is 0 Å². The fraction of sp³-hybridized carbons (Fsp3) is 0.381. The molecule has 0 N–H and O–H groups in total. The zero-order valence-electron chi connectivity index (χ0n) is 15.5. The highest BCUT2D eigenvalue weighted by atomic mass is 35.5. The van der Waals surface area contributed by atoms with Crippen molar-refractivity contribution in [2.75, 3.05) is 37.7 Å². The van der Waals surface area contributed by atoms with Crippen LogP contribution in [0.3, 0.4) is 0 Å². The summed E-state index contributed by atoms with van der Waals surface area (Å²) in [7, 11) is 0. The summed E-state index contributed by atoms with van der Waals surface area (Å²) < 4.78 is 18.8. The van der Waals surface area contributed by atoms with Crippen molar-refractivity contribution in [1.29, 1.82) is 0 Å². The van der Waals surface area contributed by atoms with E-state index in [-0.39, 0.29) is 11.7 Å². The molecule has 0 aromatic heterocycles. The number of anilines is 1. The molecule has 0 bridgehead atoms. The molecule has 0 radical (unpaired) electrons. The monoisotopic (exact) mass is 390 g/mol. The van der Waals surface area contributed by atoms with Crippen LogP contribution in [0.5, 0.6) is 5.75 Å². The summed E-state index contributed by atoms with van der Waals surface area (Å²) in [5.41, 5.74) is 1.99. The van der Waals surface area contributed by atoms with Gasteiger partial charge in [-0.15, -0.1) is 0 Å². The van der Waals surface area contributed by atoms with E-state index in [1.807, 2.05) is 24.0 Å². The lowest BCUT2D eigenvalue weighted by Gasteiger charge is -2.36. The molecule has 1 heterocycles. The molecule has 1 saturated heterocycles. The van der Waals surface area contributed by atoms with Crippen LogP contribution < -0.4 is 9.64 Å². The summed E-state index contributed by atoms with van der Waals surface area (Å²) in [5, 5.41) is 0.690. The Balaban J connectivity index is 1.38. The number of aryl methyl sites for hydroxylation is 1. The van der Waals surface area contributed by atoms with Gasteiger partial charge in [0.25, 0.3) is 0 Å². The highest BCUT2D eigenvalue weighted by Gasteiger charge is 2.21. The number of piperazine rings is 1. The standard InChI is InChI=1S/C21H24ClFN2O2/c1-16-15-17(22)4-9-20(16)27-14-2-3-21(26)25-12-10-24(11-13-25)19-7-5-18(23)6-8-19/h4-9,15H,2-3,10-14H2,1H3. The number of ether oxygens (including phenoxy) is 1. The molecular weight excluding hydrogens is 367 g/mol. The first kappa shape index (κ1) is 19.5. The van der Waals surface area contributed by atoms with Gasteiger partial charge in [0.1, 0.15) is 11.6 Å². The van der Waals surface area contributed by atoms with E-state index in [4.69, 9.17) is 16.3 Å². The van der Waals surface area contributed by atoms with E-state index < -0.39 is 0 Å². The Morgan fingerprint density at radius 1 is 1.11 bits per heavy atom. The third-order valence-electron chi connectivity index (χ3n) is 4.75. The molecule has 4 nitrogen and oxygen atoms in total. The summed E-state index contributed by atoms with van der Waals surface area (Å²) in [5.74, 6) is 0.730. The molecular formula is C21H24ClFN2O2. The molecule has 1 aliphatic rings. The number of benzene rings is 2. The minimum atomic E-state index is -0.233. The molecule has 1 fully saturated rings. The van der Waals surface area contributed by atoms with Gasteiger partial charge in [-0.3, -0.25) is 4.79 Å². The molecule has 2 aromatic carbocycles. The lowest BCUT2D eigenvalue weighted by Crippen LogP contribution is -2.48. The van der Waals surface area contributed by atoms with Gasteiger partial charge < -0.3 is 14.5 Å². The molecule has 1 aliphatic heterocycles. The van der Waals surface area contributed by atoms with Crippen LogP contribution in [-0.2, 0) is 4.79 Å². The molecule has 6 heteroatoms. The smallest absolute Gasteiger partial charge is 0.222 e. The van der Waals surface area contributed by atoms with E-state index in [9.17, 15) is 9.18 Å². The summed E-state index contributed by atoms with van der Waals surface area (Å²) in [4.78, 5) is 16.5. The van der Waals surface area contributed by atoms with Gasteiger partial charge in [0.05, 0.1) is 6.61 Å². The van der Waals surface area contributed by atoms with Gasteiger partial charge in [-0.2, -0.15) is 0 Å². The molecule has 2 aromatic rings. The molecule has 0 saturated carbocycles. The lowest BCUT2D eigenvalue weighted by molar-refractivity contribution is -0.131. The number of amides is 1. The van der Waals surface area contributed by atoms with Crippen molar-refractivity contribution >= 4 is 23.2 Å². The first-order valence-electron chi connectivity index (χ1n) is 9.20. The number of carbonyl (C=O) groups is 1. The number of hydrogen-bond donors (Lipinski definition) is 0. The molecule has 144 valence electrons. The Labute approximate surface area is 164 Å². The maximum atomic E-state index is 13.0. The van der Waals surface area contributed by atoms with Crippen LogP contribution in [0.15, 0.2) is 42.5 Å². The average molecular weight is 391 g/mol. The number of nitrogens with zero attached hydrogens (tertiary/aromatic N) is 2. The molecule has 0 aliphatic carbocycles. The van der Waals surface area contributed by atoms with E-state index in [1.165, 1.54) is 12.1 Å². The zero-order valence-corrected chi connectivity index (χ0v) is 16.2. The average Bonchev–Trinajstić information content (AvgIpc) is 2.67. The quantitative estimate of drug-likeness (QED) is 0.689. The van der Waals surface area contributed by atoms with Crippen molar-refractivity contribution in [3.05, 3.63) is 58.9 Å². The fourth-order valence-corrected chi connectivity index (χ4v) is 3.43. The Bertz CT molecular complexity index is 774. The Hall–Kier alpha value is -2.27. The Morgan fingerprint density at radius 3 is 2.48 bits per heavy atom. The van der Waals surface area contributed by atoms with Gasteiger partial charge in [0.2, 0.25) is 5.91 Å². The molecule has 0 unspecified atom stereocenters. The summed E-state index contributed by atoms with van der Waals surface area (Å²) in [6, 6.07) is 12.0. The molecule has 3 rings (SSSR count). The van der Waals surface area contributed by atoms with E-state index in [0.29, 0.717) is 37.6 Å². The first-order chi connectivity index (χ1) is 13.0. The van der Waals surface area contributed by atoms with Crippen molar-refractivity contribution in [3.8, 4) is 5.75 Å². The SMILES string of the molecule is Cc1cc(Cl)ccc1OCCCC(=O)N1CCN(c2ccc(F)cc2)CC1. The van der Waals surface area contributed by atoms with Crippen molar-refractivity contribution in [2.45, 2.75) is 19.8 Å². The molecule has 0 spiro atoms. The second-order valence-corrected chi connectivity index (χ2v) is 7.14. The van der Waals surface area contributed by atoms with Crippen LogP contribution in [-0.4, -0.2) is 43.6 Å². The third kappa shape index (κ3) is 5.36. The number of hydrogen-bond acceptors (Lipinski definition) is 3. The summed E-state index contributed by atoms with van der Waals surface area (Å²) in [6.45, 7) is 5.35. The molecule has 0 atom stereocenters. The van der Waals surface area contributed by atoms with Crippen LogP contribution >= 0.6 is 11.6 Å². The first-order valence-corrected chi connectivity index (χ1v) is 9.58. The van der Waals surface area contributed by atoms with Crippen LogP contribution in [0.1, 0.15) is 18.4 Å². The fourth-order valence-electron chi connectivity index (χ4n) is 3.20.